The maximum absolute atomic E-state index is 12.7. The fraction of sp³-hybridized carbons (Fsp3) is 0.412. The van der Waals surface area contributed by atoms with Gasteiger partial charge in [0, 0.05) is 24.0 Å². The molecule has 2 aromatic heterocycles. The minimum absolute atomic E-state index is 0.00985. The van der Waals surface area contributed by atoms with Crippen molar-refractivity contribution in [2.45, 2.75) is 19.4 Å². The quantitative estimate of drug-likeness (QED) is 0.800. The number of nitrogens with one attached hydrogen (secondary N) is 1. The number of methoxy groups -OCH3 is 1. The summed E-state index contributed by atoms with van der Waals surface area (Å²) in [4.78, 5) is 22.8. The van der Waals surface area contributed by atoms with Gasteiger partial charge in [-0.25, -0.2) is 4.98 Å². The van der Waals surface area contributed by atoms with Crippen molar-refractivity contribution < 1.29 is 4.74 Å². The topological polar surface area (TPSA) is 63.2 Å². The van der Waals surface area contributed by atoms with E-state index in [4.69, 9.17) is 4.74 Å². The number of aromatic amines is 1. The second kappa shape index (κ2) is 5.70. The molecule has 1 aromatic carbocycles. The molecule has 0 spiro atoms. The number of rotatable bonds is 4. The molecule has 0 saturated carbocycles. The number of aromatic nitrogens is 3. The monoisotopic (exact) mass is 312 g/mol. The van der Waals surface area contributed by atoms with Gasteiger partial charge in [0.05, 0.1) is 13.4 Å². The highest BCUT2D eigenvalue weighted by Crippen LogP contribution is 2.25. The van der Waals surface area contributed by atoms with Crippen LogP contribution in [0.3, 0.4) is 0 Å². The lowest BCUT2D eigenvalue weighted by Gasteiger charge is -2.14. The van der Waals surface area contributed by atoms with Crippen LogP contribution < -0.4 is 10.3 Å². The minimum atomic E-state index is -0.00985. The van der Waals surface area contributed by atoms with Crippen LogP contribution in [-0.2, 0) is 6.54 Å². The van der Waals surface area contributed by atoms with Crippen molar-refractivity contribution in [3.63, 3.8) is 0 Å². The number of hydrogen-bond donors (Lipinski definition) is 1. The van der Waals surface area contributed by atoms with Gasteiger partial charge in [0.15, 0.2) is 0 Å². The van der Waals surface area contributed by atoms with Gasteiger partial charge in [0.1, 0.15) is 16.8 Å². The van der Waals surface area contributed by atoms with E-state index in [9.17, 15) is 4.79 Å². The summed E-state index contributed by atoms with van der Waals surface area (Å²) in [6.45, 7) is 3.86. The summed E-state index contributed by atoms with van der Waals surface area (Å²) < 4.78 is 6.96. The summed E-state index contributed by atoms with van der Waals surface area (Å²) in [5.41, 5.74) is 2.17. The summed E-state index contributed by atoms with van der Waals surface area (Å²) >= 11 is 0. The van der Waals surface area contributed by atoms with Gasteiger partial charge in [0.2, 0.25) is 0 Å². The molecular weight excluding hydrogens is 292 g/mol. The van der Waals surface area contributed by atoms with E-state index in [0.29, 0.717) is 17.6 Å². The molecule has 0 radical (unpaired) electrons. The molecule has 3 aromatic rings. The van der Waals surface area contributed by atoms with Crippen LogP contribution in [0.15, 0.2) is 29.3 Å². The van der Waals surface area contributed by atoms with Gasteiger partial charge >= 0.3 is 0 Å². The van der Waals surface area contributed by atoms with Gasteiger partial charge in [-0.3, -0.25) is 9.36 Å². The molecule has 0 unspecified atom stereocenters. The predicted molar refractivity (Wildman–Crippen MR) is 90.1 cm³/mol. The molecule has 4 rings (SSSR count). The van der Waals surface area contributed by atoms with E-state index in [2.05, 4.69) is 14.9 Å². The lowest BCUT2D eigenvalue weighted by molar-refractivity contribution is 0.320. The highest BCUT2D eigenvalue weighted by atomic mass is 16.5. The Morgan fingerprint density at radius 3 is 2.87 bits per heavy atom. The van der Waals surface area contributed by atoms with Crippen LogP contribution in [0, 0.1) is 0 Å². The lowest BCUT2D eigenvalue weighted by Crippen LogP contribution is -2.29. The Kier molecular flexibility index (Phi) is 3.53. The van der Waals surface area contributed by atoms with Crippen LogP contribution in [-0.4, -0.2) is 46.2 Å². The number of hydrogen-bond acceptors (Lipinski definition) is 4. The molecule has 3 heterocycles. The molecule has 0 bridgehead atoms. The van der Waals surface area contributed by atoms with Crippen molar-refractivity contribution >= 4 is 21.9 Å². The van der Waals surface area contributed by atoms with Gasteiger partial charge in [-0.1, -0.05) is 0 Å². The molecule has 23 heavy (non-hydrogen) atoms. The Morgan fingerprint density at radius 1 is 1.26 bits per heavy atom. The molecule has 6 nitrogen and oxygen atoms in total. The van der Waals surface area contributed by atoms with Crippen LogP contribution >= 0.6 is 0 Å². The third-order valence-electron chi connectivity index (χ3n) is 4.64. The first-order valence-corrected chi connectivity index (χ1v) is 8.03. The van der Waals surface area contributed by atoms with Crippen LogP contribution in [0.25, 0.3) is 21.9 Å². The SMILES string of the molecule is COc1ccc2[nH]c3c(=O)n(CCN4CCCC4)cnc3c2c1. The van der Waals surface area contributed by atoms with E-state index in [1.54, 1.807) is 18.0 Å². The summed E-state index contributed by atoms with van der Waals surface area (Å²) in [5.74, 6) is 0.762. The number of ether oxygens (including phenoxy) is 1. The van der Waals surface area contributed by atoms with Crippen LogP contribution in [0.2, 0.25) is 0 Å². The van der Waals surface area contributed by atoms with E-state index in [1.807, 2.05) is 18.2 Å². The second-order valence-corrected chi connectivity index (χ2v) is 6.05. The maximum Gasteiger partial charge on any atom is 0.277 e. The normalized spacial score (nSPS) is 15.7. The standard InChI is InChI=1S/C17H20N4O2/c1-23-12-4-5-14-13(10-12)15-16(19-14)17(22)21(11-18-15)9-8-20-6-2-3-7-20/h4-5,10-11,19H,2-3,6-9H2,1H3. The van der Waals surface area contributed by atoms with Crippen LogP contribution in [0.1, 0.15) is 12.8 Å². The van der Waals surface area contributed by atoms with Gasteiger partial charge in [-0.15, -0.1) is 0 Å². The fourth-order valence-electron chi connectivity index (χ4n) is 3.31. The molecule has 1 saturated heterocycles. The molecule has 0 aliphatic carbocycles. The van der Waals surface area contributed by atoms with E-state index in [1.165, 1.54) is 12.8 Å². The van der Waals surface area contributed by atoms with Gasteiger partial charge in [-0.05, 0) is 44.1 Å². The maximum atomic E-state index is 12.7. The number of benzene rings is 1. The predicted octanol–water partition coefficient (Wildman–Crippen LogP) is 1.98. The summed E-state index contributed by atoms with van der Waals surface area (Å²) in [7, 11) is 1.63. The van der Waals surface area contributed by atoms with Gasteiger partial charge < -0.3 is 14.6 Å². The minimum Gasteiger partial charge on any atom is -0.497 e. The van der Waals surface area contributed by atoms with E-state index in [0.717, 1.165) is 36.3 Å². The molecular formula is C17H20N4O2. The number of likely N-dealkylation sites (tertiary alicyclic amines) is 1. The first-order chi connectivity index (χ1) is 11.3. The van der Waals surface area contributed by atoms with Crippen LogP contribution in [0.4, 0.5) is 0 Å². The zero-order valence-corrected chi connectivity index (χ0v) is 13.2. The zero-order chi connectivity index (χ0) is 15.8. The Morgan fingerprint density at radius 2 is 2.09 bits per heavy atom. The van der Waals surface area contributed by atoms with Crippen molar-refractivity contribution in [3.8, 4) is 5.75 Å². The Bertz CT molecular complexity index is 906. The third-order valence-corrected chi connectivity index (χ3v) is 4.64. The fourth-order valence-corrected chi connectivity index (χ4v) is 3.31. The molecule has 0 amide bonds. The molecule has 120 valence electrons. The van der Waals surface area contributed by atoms with E-state index < -0.39 is 0 Å². The number of H-pyrrole nitrogens is 1. The van der Waals surface area contributed by atoms with Crippen molar-refractivity contribution in [3.05, 3.63) is 34.9 Å². The van der Waals surface area contributed by atoms with Crippen molar-refractivity contribution in [2.75, 3.05) is 26.7 Å². The first-order valence-electron chi connectivity index (χ1n) is 8.03. The Hall–Kier alpha value is -2.34. The van der Waals surface area contributed by atoms with Crippen molar-refractivity contribution in [2.24, 2.45) is 0 Å². The highest BCUT2D eigenvalue weighted by molar-refractivity contribution is 6.04. The molecule has 1 aliphatic rings. The average molecular weight is 312 g/mol. The first kappa shape index (κ1) is 14.3. The van der Waals surface area contributed by atoms with Gasteiger partial charge in [0.25, 0.3) is 5.56 Å². The summed E-state index contributed by atoms with van der Waals surface area (Å²) in [6, 6.07) is 5.71. The molecule has 6 heteroatoms. The van der Waals surface area contributed by atoms with Crippen molar-refractivity contribution in [1.29, 1.82) is 0 Å². The zero-order valence-electron chi connectivity index (χ0n) is 13.2. The molecule has 1 aliphatic heterocycles. The van der Waals surface area contributed by atoms with Crippen LogP contribution in [0.5, 0.6) is 5.75 Å². The Labute approximate surface area is 133 Å². The van der Waals surface area contributed by atoms with Gasteiger partial charge in [-0.2, -0.15) is 0 Å². The molecule has 0 atom stereocenters. The highest BCUT2D eigenvalue weighted by Gasteiger charge is 2.14. The van der Waals surface area contributed by atoms with E-state index >= 15 is 0 Å². The Balaban J connectivity index is 1.72. The second-order valence-electron chi connectivity index (χ2n) is 6.05. The summed E-state index contributed by atoms with van der Waals surface area (Å²) in [6.07, 6.45) is 4.18. The van der Waals surface area contributed by atoms with E-state index in [-0.39, 0.29) is 5.56 Å². The smallest absolute Gasteiger partial charge is 0.277 e. The number of fused-ring (bicyclic) bond motifs is 3. The lowest BCUT2D eigenvalue weighted by atomic mass is 10.2. The van der Waals surface area contributed by atoms with Crippen molar-refractivity contribution in [1.82, 2.24) is 19.4 Å². The number of nitrogens with zero attached hydrogens (tertiary/aromatic N) is 3. The average Bonchev–Trinajstić information content (AvgIpc) is 3.21. The largest absolute Gasteiger partial charge is 0.497 e. The molecule has 1 fully saturated rings. The summed E-state index contributed by atoms with van der Waals surface area (Å²) in [5, 5.41) is 0.920. The molecule has 1 N–H and O–H groups in total. The third kappa shape index (κ3) is 2.49.